The average Bonchev–Trinajstić information content (AvgIpc) is 2.25. The number of aromatic nitrogens is 1. The number of nitrogens with one attached hydrogen (secondary N) is 1. The number of benzene rings is 1. The molecule has 3 N–H and O–H groups in total. The summed E-state index contributed by atoms with van der Waals surface area (Å²) in [5.41, 5.74) is 1.49. The van der Waals surface area contributed by atoms with Gasteiger partial charge >= 0.3 is 6.18 Å². The number of nitrogen functional groups attached to an aromatic ring is 1. The normalized spacial score (nSPS) is 11.9. The summed E-state index contributed by atoms with van der Waals surface area (Å²) in [4.78, 5) is 3.42. The molecular formula is C11H9F4N3. The fourth-order valence-corrected chi connectivity index (χ4v) is 1.79. The Morgan fingerprint density at radius 1 is 1.22 bits per heavy atom. The molecule has 1 aromatic heterocycles. The van der Waals surface area contributed by atoms with E-state index >= 15 is 0 Å². The molecule has 1 heterocycles. The minimum absolute atomic E-state index is 0.0600. The van der Waals surface area contributed by atoms with E-state index in [4.69, 9.17) is 5.84 Å². The number of rotatable bonds is 1. The zero-order valence-electron chi connectivity index (χ0n) is 9.27. The Balaban J connectivity index is 2.84. The van der Waals surface area contributed by atoms with Gasteiger partial charge in [-0.3, -0.25) is 5.84 Å². The first-order chi connectivity index (χ1) is 8.32. The summed E-state index contributed by atoms with van der Waals surface area (Å²) >= 11 is 0. The summed E-state index contributed by atoms with van der Waals surface area (Å²) < 4.78 is 51.0. The fraction of sp³-hybridized carbons (Fsp3) is 0.182. The van der Waals surface area contributed by atoms with Crippen LogP contribution in [0.4, 0.5) is 23.2 Å². The molecule has 0 aliphatic heterocycles. The van der Waals surface area contributed by atoms with Gasteiger partial charge in [0.25, 0.3) is 0 Å². The summed E-state index contributed by atoms with van der Waals surface area (Å²) in [6.07, 6.45) is -4.61. The lowest BCUT2D eigenvalue weighted by molar-refractivity contribution is -0.140. The van der Waals surface area contributed by atoms with Crippen molar-refractivity contribution in [2.45, 2.75) is 13.1 Å². The Morgan fingerprint density at radius 2 is 1.89 bits per heavy atom. The van der Waals surface area contributed by atoms with Crippen LogP contribution in [0.2, 0.25) is 0 Å². The van der Waals surface area contributed by atoms with Gasteiger partial charge in [0.2, 0.25) is 0 Å². The fourth-order valence-electron chi connectivity index (χ4n) is 1.79. The highest BCUT2D eigenvalue weighted by Gasteiger charge is 2.33. The second-order valence-electron chi connectivity index (χ2n) is 3.81. The van der Waals surface area contributed by atoms with Crippen molar-refractivity contribution in [2.75, 3.05) is 5.43 Å². The first-order valence-corrected chi connectivity index (χ1v) is 4.97. The van der Waals surface area contributed by atoms with Crippen LogP contribution in [0.15, 0.2) is 18.2 Å². The number of pyridine rings is 1. The summed E-state index contributed by atoms with van der Waals surface area (Å²) in [7, 11) is 0. The predicted octanol–water partition coefficient (Wildman–Crippen LogP) is 2.99. The number of hydrogen-bond acceptors (Lipinski definition) is 3. The van der Waals surface area contributed by atoms with Gasteiger partial charge in [0.15, 0.2) is 0 Å². The van der Waals surface area contributed by atoms with Gasteiger partial charge in [-0.1, -0.05) is 0 Å². The first-order valence-electron chi connectivity index (χ1n) is 4.97. The Labute approximate surface area is 99.6 Å². The van der Waals surface area contributed by atoms with Crippen molar-refractivity contribution < 1.29 is 17.6 Å². The van der Waals surface area contributed by atoms with E-state index in [9.17, 15) is 17.6 Å². The van der Waals surface area contributed by atoms with E-state index in [1.165, 1.54) is 6.07 Å². The summed E-state index contributed by atoms with van der Waals surface area (Å²) in [5, 5.41) is 0.368. The van der Waals surface area contributed by atoms with Crippen LogP contribution in [0.25, 0.3) is 10.9 Å². The van der Waals surface area contributed by atoms with Gasteiger partial charge in [0, 0.05) is 11.5 Å². The summed E-state index contributed by atoms with van der Waals surface area (Å²) in [5.74, 6) is 4.55. The molecule has 0 spiro atoms. The van der Waals surface area contributed by atoms with Crippen molar-refractivity contribution in [3.63, 3.8) is 0 Å². The molecule has 0 aliphatic carbocycles. The molecule has 0 saturated heterocycles. The van der Waals surface area contributed by atoms with Gasteiger partial charge in [-0.15, -0.1) is 0 Å². The van der Waals surface area contributed by atoms with Crippen molar-refractivity contribution >= 4 is 16.6 Å². The minimum Gasteiger partial charge on any atom is -0.323 e. The van der Waals surface area contributed by atoms with Crippen LogP contribution < -0.4 is 11.3 Å². The quantitative estimate of drug-likeness (QED) is 0.470. The molecule has 0 radical (unpaired) electrons. The summed E-state index contributed by atoms with van der Waals surface area (Å²) in [6, 6.07) is 2.95. The molecule has 0 unspecified atom stereocenters. The van der Waals surface area contributed by atoms with E-state index in [0.29, 0.717) is 10.9 Å². The number of nitrogens with zero attached hydrogens (tertiary/aromatic N) is 1. The molecule has 0 atom stereocenters. The van der Waals surface area contributed by atoms with Crippen LogP contribution in [-0.4, -0.2) is 4.98 Å². The largest absolute Gasteiger partial charge is 0.433 e. The van der Waals surface area contributed by atoms with E-state index in [1.54, 1.807) is 6.92 Å². The molecule has 2 rings (SSSR count). The highest BCUT2D eigenvalue weighted by Crippen LogP contribution is 2.34. The summed E-state index contributed by atoms with van der Waals surface area (Å²) in [6.45, 7) is 1.57. The van der Waals surface area contributed by atoms with Crippen molar-refractivity contribution in [2.24, 2.45) is 5.84 Å². The molecule has 0 fully saturated rings. The molecule has 0 saturated carbocycles. The second-order valence-corrected chi connectivity index (χ2v) is 3.81. The van der Waals surface area contributed by atoms with Gasteiger partial charge in [-0.25, -0.2) is 9.37 Å². The molecule has 96 valence electrons. The van der Waals surface area contributed by atoms with Crippen molar-refractivity contribution in [1.82, 2.24) is 4.98 Å². The molecule has 0 bridgehead atoms. The minimum atomic E-state index is -4.61. The second kappa shape index (κ2) is 4.09. The molecule has 18 heavy (non-hydrogen) atoms. The Bertz CT molecular complexity index is 607. The number of anilines is 1. The van der Waals surface area contributed by atoms with E-state index < -0.39 is 17.7 Å². The topological polar surface area (TPSA) is 50.9 Å². The molecule has 0 aliphatic rings. The van der Waals surface area contributed by atoms with E-state index in [-0.39, 0.29) is 11.2 Å². The molecule has 1 aromatic carbocycles. The number of fused-ring (bicyclic) bond motifs is 1. The zero-order valence-corrected chi connectivity index (χ0v) is 9.27. The maximum Gasteiger partial charge on any atom is 0.433 e. The third-order valence-electron chi connectivity index (χ3n) is 2.52. The van der Waals surface area contributed by atoms with Gasteiger partial charge in [0.05, 0.1) is 11.2 Å². The Morgan fingerprint density at radius 3 is 2.44 bits per heavy atom. The number of aryl methyl sites for hydroxylation is 1. The maximum atomic E-state index is 13.2. The first kappa shape index (κ1) is 12.6. The van der Waals surface area contributed by atoms with Gasteiger partial charge in [-0.05, 0) is 24.6 Å². The lowest BCUT2D eigenvalue weighted by Gasteiger charge is -2.12. The molecular weight excluding hydrogens is 250 g/mol. The van der Waals surface area contributed by atoms with Crippen LogP contribution in [0.3, 0.4) is 0 Å². The van der Waals surface area contributed by atoms with E-state index in [1.807, 2.05) is 0 Å². The predicted molar refractivity (Wildman–Crippen MR) is 59.3 cm³/mol. The van der Waals surface area contributed by atoms with E-state index in [0.717, 1.165) is 12.1 Å². The monoisotopic (exact) mass is 259 g/mol. The molecule has 0 amide bonds. The highest BCUT2D eigenvalue weighted by molar-refractivity contribution is 5.94. The average molecular weight is 259 g/mol. The maximum absolute atomic E-state index is 13.2. The van der Waals surface area contributed by atoms with Crippen LogP contribution in [0.5, 0.6) is 0 Å². The number of nitrogens with two attached hydrogens (primary N) is 1. The Kier molecular flexibility index (Phi) is 2.86. The van der Waals surface area contributed by atoms with E-state index in [2.05, 4.69) is 10.4 Å². The smallest absolute Gasteiger partial charge is 0.323 e. The van der Waals surface area contributed by atoms with Crippen LogP contribution in [-0.2, 0) is 6.18 Å². The molecule has 2 aromatic rings. The standard InChI is InChI=1S/C11H9F4N3/c1-5-2-6(12)3-7-10(5)8(18-16)4-9(17-7)11(13,14)15/h2-4H,16H2,1H3,(H,17,18). The third-order valence-corrected chi connectivity index (χ3v) is 2.52. The molecule has 3 nitrogen and oxygen atoms in total. The number of alkyl halides is 3. The highest BCUT2D eigenvalue weighted by atomic mass is 19.4. The third kappa shape index (κ3) is 2.08. The number of hydrogen-bond donors (Lipinski definition) is 2. The lowest BCUT2D eigenvalue weighted by atomic mass is 10.1. The van der Waals surface area contributed by atoms with Crippen LogP contribution >= 0.6 is 0 Å². The van der Waals surface area contributed by atoms with Crippen LogP contribution in [0.1, 0.15) is 11.3 Å². The van der Waals surface area contributed by atoms with Crippen molar-refractivity contribution in [3.05, 3.63) is 35.3 Å². The van der Waals surface area contributed by atoms with Gasteiger partial charge in [0.1, 0.15) is 11.5 Å². The Hall–Kier alpha value is -1.89. The number of halogens is 4. The molecule has 7 heteroatoms. The van der Waals surface area contributed by atoms with Gasteiger partial charge in [-0.2, -0.15) is 13.2 Å². The van der Waals surface area contributed by atoms with Gasteiger partial charge < -0.3 is 5.43 Å². The lowest BCUT2D eigenvalue weighted by Crippen LogP contribution is -2.13. The number of hydrazine groups is 1. The zero-order chi connectivity index (χ0) is 13.5. The van der Waals surface area contributed by atoms with Crippen molar-refractivity contribution in [3.8, 4) is 0 Å². The van der Waals surface area contributed by atoms with Crippen molar-refractivity contribution in [1.29, 1.82) is 0 Å². The SMILES string of the molecule is Cc1cc(F)cc2nc(C(F)(F)F)cc(NN)c12. The van der Waals surface area contributed by atoms with Crippen LogP contribution in [0, 0.1) is 12.7 Å².